The summed E-state index contributed by atoms with van der Waals surface area (Å²) in [4.78, 5) is 15.3. The van der Waals surface area contributed by atoms with Gasteiger partial charge in [-0.15, -0.1) is 10.2 Å². The number of azo groups is 1. The van der Waals surface area contributed by atoms with Gasteiger partial charge in [-0.2, -0.15) is 8.42 Å². The number of phenols is 1. The molecule has 1 aromatic carbocycles. The van der Waals surface area contributed by atoms with E-state index in [0.29, 0.717) is 18.7 Å². The Hall–Kier alpha value is -3.12. The molecule has 1 atom stereocenters. The number of benzene rings is 1. The molecule has 11 nitrogen and oxygen atoms in total. The van der Waals surface area contributed by atoms with Gasteiger partial charge in [0, 0.05) is 24.4 Å². The van der Waals surface area contributed by atoms with Crippen LogP contribution in [0.5, 0.6) is 5.75 Å². The summed E-state index contributed by atoms with van der Waals surface area (Å²) in [5, 5.41) is 27.4. The molecular weight excluding hydrogens is 402 g/mol. The maximum absolute atomic E-state index is 11.7. The molecule has 0 bridgehead atoms. The van der Waals surface area contributed by atoms with Gasteiger partial charge in [-0.25, -0.2) is 4.98 Å². The highest BCUT2D eigenvalue weighted by molar-refractivity contribution is 7.86. The summed E-state index contributed by atoms with van der Waals surface area (Å²) < 4.78 is 32.9. The number of hydrogen-bond donors (Lipinski definition) is 2. The number of hydrogen-bond acceptors (Lipinski definition) is 9. The van der Waals surface area contributed by atoms with Crippen LogP contribution in [0.1, 0.15) is 26.7 Å². The van der Waals surface area contributed by atoms with Crippen LogP contribution in [-0.2, 0) is 10.1 Å². The number of nitrogens with zero attached hydrogens (tertiary/aromatic N) is 5. The fraction of sp³-hybridized carbons (Fsp3) is 0.353. The topological polar surface area (TPSA) is 159 Å². The second kappa shape index (κ2) is 9.39. The van der Waals surface area contributed by atoms with Gasteiger partial charge in [0.15, 0.2) is 11.2 Å². The smallest absolute Gasteiger partial charge is 0.287 e. The van der Waals surface area contributed by atoms with Crippen molar-refractivity contribution in [1.82, 2.24) is 4.98 Å². The van der Waals surface area contributed by atoms with Crippen molar-refractivity contribution in [2.24, 2.45) is 10.2 Å². The van der Waals surface area contributed by atoms with Gasteiger partial charge in [0.25, 0.3) is 15.8 Å². The van der Waals surface area contributed by atoms with Gasteiger partial charge in [-0.1, -0.05) is 13.8 Å². The fourth-order valence-electron chi connectivity index (χ4n) is 2.70. The van der Waals surface area contributed by atoms with E-state index >= 15 is 0 Å². The highest BCUT2D eigenvalue weighted by Crippen LogP contribution is 2.34. The predicted molar refractivity (Wildman–Crippen MR) is 106 cm³/mol. The average molecular weight is 423 g/mol. The molecule has 0 radical (unpaired) electrons. The standard InChI is InChI=1S/C17H21N5O6S/c1-3-9-21(17(4-2)29(26,27)28)12-5-7-14(15(23)10-12)19-20-16-8-6-13(11-18-16)22(24)25/h5-8,10-11,17,23H,3-4,9H2,1-2H3,(H,26,27,28). The molecule has 0 aliphatic carbocycles. The lowest BCUT2D eigenvalue weighted by molar-refractivity contribution is -0.385. The second-order valence-electron chi connectivity index (χ2n) is 6.08. The van der Waals surface area contributed by atoms with Crippen molar-refractivity contribution in [3.63, 3.8) is 0 Å². The minimum atomic E-state index is -4.32. The number of aromatic nitrogens is 1. The van der Waals surface area contributed by atoms with Crippen molar-refractivity contribution >= 4 is 33.0 Å². The van der Waals surface area contributed by atoms with Crippen LogP contribution in [0.3, 0.4) is 0 Å². The van der Waals surface area contributed by atoms with Gasteiger partial charge in [-0.3, -0.25) is 14.7 Å². The Bertz CT molecular complexity index is 994. The Morgan fingerprint density at radius 3 is 2.45 bits per heavy atom. The second-order valence-corrected chi connectivity index (χ2v) is 7.65. The Labute approximate surface area is 167 Å². The maximum Gasteiger partial charge on any atom is 0.287 e. The Kier molecular flexibility index (Phi) is 7.18. The molecule has 12 heteroatoms. The molecule has 1 aromatic heterocycles. The van der Waals surface area contributed by atoms with Crippen molar-refractivity contribution < 1.29 is 23.0 Å². The van der Waals surface area contributed by atoms with Crippen LogP contribution in [0, 0.1) is 10.1 Å². The summed E-state index contributed by atoms with van der Waals surface area (Å²) >= 11 is 0. The lowest BCUT2D eigenvalue weighted by Gasteiger charge is -2.30. The quantitative estimate of drug-likeness (QED) is 0.265. The van der Waals surface area contributed by atoms with Crippen molar-refractivity contribution in [2.75, 3.05) is 11.4 Å². The third-order valence-electron chi connectivity index (χ3n) is 4.00. The van der Waals surface area contributed by atoms with Gasteiger partial charge in [0.2, 0.25) is 0 Å². The number of anilines is 1. The van der Waals surface area contributed by atoms with Crippen LogP contribution in [-0.4, -0.2) is 39.9 Å². The molecule has 29 heavy (non-hydrogen) atoms. The molecule has 1 heterocycles. The fourth-order valence-corrected chi connectivity index (χ4v) is 3.67. The van der Waals surface area contributed by atoms with Crippen LogP contribution in [0.25, 0.3) is 0 Å². The first-order chi connectivity index (χ1) is 13.7. The number of phenolic OH excluding ortho intramolecular Hbond substituents is 1. The normalized spacial score (nSPS) is 12.8. The van der Waals surface area contributed by atoms with E-state index in [1.807, 2.05) is 6.92 Å². The van der Waals surface area contributed by atoms with E-state index in [-0.39, 0.29) is 29.4 Å². The van der Waals surface area contributed by atoms with Crippen LogP contribution in [0.15, 0.2) is 46.8 Å². The van der Waals surface area contributed by atoms with Gasteiger partial charge in [-0.05, 0) is 31.0 Å². The molecule has 2 aromatic rings. The SMILES string of the molecule is CCCN(c1ccc(N=Nc2ccc([N+](=O)[O-])cn2)c(O)c1)C(CC)S(=O)(=O)O. The zero-order valence-corrected chi connectivity index (χ0v) is 16.7. The summed E-state index contributed by atoms with van der Waals surface area (Å²) in [6.07, 6.45) is 1.83. The number of aromatic hydroxyl groups is 1. The summed E-state index contributed by atoms with van der Waals surface area (Å²) in [7, 11) is -4.32. The maximum atomic E-state index is 11.7. The van der Waals surface area contributed by atoms with E-state index in [0.717, 1.165) is 6.20 Å². The van der Waals surface area contributed by atoms with E-state index in [1.165, 1.54) is 29.2 Å². The molecule has 0 aliphatic heterocycles. The molecule has 0 saturated carbocycles. The molecule has 1 unspecified atom stereocenters. The summed E-state index contributed by atoms with van der Waals surface area (Å²) in [5.74, 6) is -0.136. The zero-order valence-electron chi connectivity index (χ0n) is 15.8. The molecule has 2 rings (SSSR count). The molecule has 0 spiro atoms. The monoisotopic (exact) mass is 423 g/mol. The van der Waals surface area contributed by atoms with Gasteiger partial charge < -0.3 is 10.0 Å². The van der Waals surface area contributed by atoms with Crippen LogP contribution in [0.2, 0.25) is 0 Å². The van der Waals surface area contributed by atoms with Crippen molar-refractivity contribution in [2.45, 2.75) is 32.1 Å². The van der Waals surface area contributed by atoms with Gasteiger partial charge >= 0.3 is 0 Å². The predicted octanol–water partition coefficient (Wildman–Crippen LogP) is 3.95. The largest absolute Gasteiger partial charge is 0.506 e. The highest BCUT2D eigenvalue weighted by Gasteiger charge is 2.28. The summed E-state index contributed by atoms with van der Waals surface area (Å²) in [6.45, 7) is 3.86. The minimum Gasteiger partial charge on any atom is -0.506 e. The van der Waals surface area contributed by atoms with E-state index in [4.69, 9.17) is 0 Å². The van der Waals surface area contributed by atoms with E-state index in [1.54, 1.807) is 13.0 Å². The molecule has 0 amide bonds. The Balaban J connectivity index is 2.29. The molecule has 0 aliphatic rings. The summed E-state index contributed by atoms with van der Waals surface area (Å²) in [5.41, 5.74) is 0.322. The van der Waals surface area contributed by atoms with Crippen LogP contribution in [0.4, 0.5) is 22.9 Å². The molecule has 156 valence electrons. The third kappa shape index (κ3) is 5.68. The zero-order chi connectivity index (χ0) is 21.6. The van der Waals surface area contributed by atoms with E-state index in [9.17, 15) is 28.2 Å². The van der Waals surface area contributed by atoms with Crippen molar-refractivity contribution in [3.05, 3.63) is 46.6 Å². The first kappa shape index (κ1) is 22.2. The Morgan fingerprint density at radius 2 is 1.97 bits per heavy atom. The third-order valence-corrected chi connectivity index (χ3v) is 5.27. The first-order valence-electron chi connectivity index (χ1n) is 8.75. The number of rotatable bonds is 9. The van der Waals surface area contributed by atoms with Crippen molar-refractivity contribution in [1.29, 1.82) is 0 Å². The minimum absolute atomic E-state index is 0.102. The van der Waals surface area contributed by atoms with Gasteiger partial charge in [0.1, 0.15) is 17.6 Å². The number of nitro groups is 1. The molecular formula is C17H21N5O6S. The lowest BCUT2D eigenvalue weighted by Crippen LogP contribution is -2.41. The average Bonchev–Trinajstić information content (AvgIpc) is 2.66. The summed E-state index contributed by atoms with van der Waals surface area (Å²) in [6, 6.07) is 6.88. The van der Waals surface area contributed by atoms with Gasteiger partial charge in [0.05, 0.1) is 4.92 Å². The van der Waals surface area contributed by atoms with Crippen LogP contribution >= 0.6 is 0 Å². The molecule has 0 saturated heterocycles. The first-order valence-corrected chi connectivity index (χ1v) is 10.3. The van der Waals surface area contributed by atoms with Crippen molar-refractivity contribution in [3.8, 4) is 5.75 Å². The molecule has 2 N–H and O–H groups in total. The molecule has 0 fully saturated rings. The Morgan fingerprint density at radius 1 is 1.24 bits per heavy atom. The van der Waals surface area contributed by atoms with E-state index in [2.05, 4.69) is 15.2 Å². The lowest BCUT2D eigenvalue weighted by atomic mass is 10.2. The van der Waals surface area contributed by atoms with Crippen LogP contribution < -0.4 is 4.90 Å². The highest BCUT2D eigenvalue weighted by atomic mass is 32.2. The number of pyridine rings is 1. The van der Waals surface area contributed by atoms with E-state index < -0.39 is 20.4 Å².